The molecule has 1 aromatic carbocycles. The quantitative estimate of drug-likeness (QED) is 0.831. The minimum Gasteiger partial charge on any atom is -0.481 e. The molecule has 0 radical (unpaired) electrons. The van der Waals surface area contributed by atoms with Gasteiger partial charge in [0.05, 0.1) is 12.3 Å². The third-order valence-electron chi connectivity index (χ3n) is 3.47. The highest BCUT2D eigenvalue weighted by molar-refractivity contribution is 7.99. The van der Waals surface area contributed by atoms with Crippen LogP contribution < -0.4 is 0 Å². The van der Waals surface area contributed by atoms with Gasteiger partial charge < -0.3 is 9.67 Å². The Balaban J connectivity index is 1.84. The van der Waals surface area contributed by atoms with Crippen molar-refractivity contribution in [1.82, 2.24) is 14.8 Å². The molecule has 1 aliphatic carbocycles. The van der Waals surface area contributed by atoms with Crippen molar-refractivity contribution < 1.29 is 9.90 Å². The van der Waals surface area contributed by atoms with E-state index in [1.54, 1.807) is 0 Å². The normalized spacial score (nSPS) is 14.3. The molecular weight excluding hydrogens is 286 g/mol. The van der Waals surface area contributed by atoms with Gasteiger partial charge in [-0.3, -0.25) is 4.79 Å². The topological polar surface area (TPSA) is 68.0 Å². The third kappa shape index (κ3) is 3.44. The maximum absolute atomic E-state index is 10.8. The summed E-state index contributed by atoms with van der Waals surface area (Å²) >= 11 is 1.23. The summed E-state index contributed by atoms with van der Waals surface area (Å²) in [7, 11) is 0. The monoisotopic (exact) mass is 303 g/mol. The molecule has 2 aromatic rings. The second-order valence-electron chi connectivity index (χ2n) is 5.37. The summed E-state index contributed by atoms with van der Waals surface area (Å²) in [5.41, 5.74) is 2.41. The number of aromatic nitrogens is 3. The molecule has 0 saturated heterocycles. The van der Waals surface area contributed by atoms with Gasteiger partial charge in [0.15, 0.2) is 5.16 Å². The molecule has 21 heavy (non-hydrogen) atoms. The lowest BCUT2D eigenvalue weighted by atomic mass is 10.1. The van der Waals surface area contributed by atoms with Crippen molar-refractivity contribution in [3.8, 4) is 0 Å². The summed E-state index contributed by atoms with van der Waals surface area (Å²) < 4.78 is 2.07. The molecule has 110 valence electrons. The smallest absolute Gasteiger partial charge is 0.313 e. The second kappa shape index (κ2) is 5.89. The molecule has 1 N–H and O–H groups in total. The minimum absolute atomic E-state index is 0.0106. The van der Waals surface area contributed by atoms with Crippen molar-refractivity contribution in [3.63, 3.8) is 0 Å². The van der Waals surface area contributed by atoms with Crippen LogP contribution in [0.1, 0.15) is 35.7 Å². The van der Waals surface area contributed by atoms with E-state index in [0.717, 1.165) is 18.7 Å². The number of benzene rings is 1. The Hall–Kier alpha value is -1.82. The minimum atomic E-state index is -0.835. The summed E-state index contributed by atoms with van der Waals surface area (Å²) in [5.74, 6) is 0.653. The third-order valence-corrected chi connectivity index (χ3v) is 4.43. The fourth-order valence-electron chi connectivity index (χ4n) is 2.20. The van der Waals surface area contributed by atoms with E-state index in [9.17, 15) is 4.79 Å². The molecule has 1 aliphatic rings. The van der Waals surface area contributed by atoms with Gasteiger partial charge >= 0.3 is 5.97 Å². The Morgan fingerprint density at radius 1 is 1.33 bits per heavy atom. The van der Waals surface area contributed by atoms with E-state index in [1.807, 2.05) is 0 Å². The summed E-state index contributed by atoms with van der Waals surface area (Å²) in [6.45, 7) is 2.76. The van der Waals surface area contributed by atoms with Gasteiger partial charge in [-0.25, -0.2) is 0 Å². The van der Waals surface area contributed by atoms with Crippen molar-refractivity contribution in [2.75, 3.05) is 5.75 Å². The molecule has 0 amide bonds. The number of carboxylic acids is 1. The number of aryl methyl sites for hydroxylation is 1. The second-order valence-corrected chi connectivity index (χ2v) is 6.31. The number of aliphatic carboxylic acids is 1. The van der Waals surface area contributed by atoms with Gasteiger partial charge in [-0.05, 0) is 25.3 Å². The van der Waals surface area contributed by atoms with Crippen LogP contribution in [0.4, 0.5) is 0 Å². The Bertz CT molecular complexity index is 647. The van der Waals surface area contributed by atoms with Crippen LogP contribution >= 0.6 is 11.8 Å². The van der Waals surface area contributed by atoms with E-state index in [0.29, 0.717) is 17.6 Å². The molecule has 0 spiro atoms. The lowest BCUT2D eigenvalue weighted by Crippen LogP contribution is -2.07. The van der Waals surface area contributed by atoms with Crippen molar-refractivity contribution >= 4 is 17.7 Å². The molecule has 1 fully saturated rings. The number of nitrogens with zero attached hydrogens (tertiary/aromatic N) is 3. The van der Waals surface area contributed by atoms with E-state index in [2.05, 4.69) is 46.0 Å². The molecule has 0 atom stereocenters. The highest BCUT2D eigenvalue weighted by Crippen LogP contribution is 2.40. The van der Waals surface area contributed by atoms with Gasteiger partial charge in [0.1, 0.15) is 5.82 Å². The number of carboxylic acid groups (broad SMARTS) is 1. The first kappa shape index (κ1) is 14.1. The van der Waals surface area contributed by atoms with Crippen LogP contribution in [0, 0.1) is 6.92 Å². The van der Waals surface area contributed by atoms with Crippen molar-refractivity contribution in [2.45, 2.75) is 37.4 Å². The number of hydrogen-bond donors (Lipinski definition) is 1. The van der Waals surface area contributed by atoms with E-state index >= 15 is 0 Å². The molecule has 5 nitrogen and oxygen atoms in total. The molecule has 1 aromatic heterocycles. The van der Waals surface area contributed by atoms with Gasteiger partial charge in [0.2, 0.25) is 0 Å². The number of hydrogen-bond acceptors (Lipinski definition) is 4. The maximum atomic E-state index is 10.8. The number of thioether (sulfide) groups is 1. The van der Waals surface area contributed by atoms with E-state index in [-0.39, 0.29) is 5.75 Å². The van der Waals surface area contributed by atoms with Crippen LogP contribution in [0.3, 0.4) is 0 Å². The fourth-order valence-corrected chi connectivity index (χ4v) is 2.87. The van der Waals surface area contributed by atoms with Crippen LogP contribution in [-0.4, -0.2) is 31.6 Å². The summed E-state index contributed by atoms with van der Waals surface area (Å²) in [4.78, 5) is 10.8. The first-order valence-electron chi connectivity index (χ1n) is 6.96. The molecule has 1 saturated carbocycles. The zero-order valence-corrected chi connectivity index (χ0v) is 12.6. The van der Waals surface area contributed by atoms with Crippen molar-refractivity contribution in [1.29, 1.82) is 0 Å². The van der Waals surface area contributed by atoms with Gasteiger partial charge in [-0.15, -0.1) is 10.2 Å². The van der Waals surface area contributed by atoms with E-state index in [4.69, 9.17) is 5.11 Å². The van der Waals surface area contributed by atoms with Crippen LogP contribution in [0.2, 0.25) is 0 Å². The Morgan fingerprint density at radius 3 is 2.67 bits per heavy atom. The average Bonchev–Trinajstić information content (AvgIpc) is 3.22. The molecule has 3 rings (SSSR count). The highest BCUT2D eigenvalue weighted by atomic mass is 32.2. The van der Waals surface area contributed by atoms with Crippen molar-refractivity contribution in [2.24, 2.45) is 0 Å². The average molecular weight is 303 g/mol. The van der Waals surface area contributed by atoms with Crippen LogP contribution in [0.25, 0.3) is 0 Å². The summed E-state index contributed by atoms with van der Waals surface area (Å²) in [6, 6.07) is 8.36. The maximum Gasteiger partial charge on any atom is 0.313 e. The van der Waals surface area contributed by atoms with Crippen LogP contribution in [0.15, 0.2) is 29.4 Å². The van der Waals surface area contributed by atoms with E-state index in [1.165, 1.54) is 22.9 Å². The van der Waals surface area contributed by atoms with E-state index < -0.39 is 5.97 Å². The Kier molecular flexibility index (Phi) is 3.96. The zero-order chi connectivity index (χ0) is 14.8. The number of rotatable bonds is 6. The van der Waals surface area contributed by atoms with Crippen molar-refractivity contribution in [3.05, 3.63) is 41.2 Å². The first-order valence-corrected chi connectivity index (χ1v) is 7.95. The lowest BCUT2D eigenvalue weighted by Gasteiger charge is -2.09. The Morgan fingerprint density at radius 2 is 2.05 bits per heavy atom. The van der Waals surface area contributed by atoms with Gasteiger partial charge in [-0.2, -0.15) is 0 Å². The Labute approximate surface area is 127 Å². The van der Waals surface area contributed by atoms with Gasteiger partial charge in [-0.1, -0.05) is 41.6 Å². The SMILES string of the molecule is Cc1ccc(Cn2c(SCC(=O)O)nnc2C2CC2)cc1. The molecule has 1 heterocycles. The molecule has 6 heteroatoms. The lowest BCUT2D eigenvalue weighted by molar-refractivity contribution is -0.133. The van der Waals surface area contributed by atoms with Crippen LogP contribution in [0.5, 0.6) is 0 Å². The zero-order valence-electron chi connectivity index (χ0n) is 11.8. The predicted octanol–water partition coefficient (Wildman–Crippen LogP) is 2.69. The predicted molar refractivity (Wildman–Crippen MR) is 80.6 cm³/mol. The number of carbonyl (C=O) groups is 1. The summed E-state index contributed by atoms with van der Waals surface area (Å²) in [5, 5.41) is 18.0. The standard InChI is InChI=1S/C15H17N3O2S/c1-10-2-4-11(5-3-10)8-18-14(12-6-7-12)16-17-15(18)21-9-13(19)20/h2-5,12H,6-9H2,1H3,(H,19,20). The molecule has 0 bridgehead atoms. The molecule has 0 aliphatic heterocycles. The van der Waals surface area contributed by atoms with Gasteiger partial charge in [0, 0.05) is 5.92 Å². The summed E-state index contributed by atoms with van der Waals surface area (Å²) in [6.07, 6.45) is 2.30. The fraction of sp³-hybridized carbons (Fsp3) is 0.400. The van der Waals surface area contributed by atoms with Crippen LogP contribution in [-0.2, 0) is 11.3 Å². The first-order chi connectivity index (χ1) is 10.1. The highest BCUT2D eigenvalue weighted by Gasteiger charge is 2.30. The van der Waals surface area contributed by atoms with Gasteiger partial charge in [0.25, 0.3) is 0 Å². The molecular formula is C15H17N3O2S. The largest absolute Gasteiger partial charge is 0.481 e. The molecule has 0 unspecified atom stereocenters.